The Morgan fingerprint density at radius 3 is 2.34 bits per heavy atom. The third-order valence-corrected chi connectivity index (χ3v) is 6.93. The number of thiazole rings is 1. The summed E-state index contributed by atoms with van der Waals surface area (Å²) >= 11 is 1.71. The number of aliphatic hydroxyl groups is 1. The van der Waals surface area contributed by atoms with Crippen LogP contribution < -0.4 is 5.32 Å². The Balaban J connectivity index is 1.86. The minimum absolute atomic E-state index is 0.131. The number of rotatable bonds is 11. The normalized spacial score (nSPS) is 14.2. The van der Waals surface area contributed by atoms with E-state index < -0.39 is 23.8 Å². The minimum Gasteiger partial charge on any atom is -0.444 e. The smallest absolute Gasteiger partial charge is 0.407 e. The van der Waals surface area contributed by atoms with Crippen LogP contribution in [0.2, 0.25) is 0 Å². The zero-order chi connectivity index (χ0) is 25.3. The molecule has 1 amide bonds. The van der Waals surface area contributed by atoms with Gasteiger partial charge in [0, 0.05) is 23.4 Å². The van der Waals surface area contributed by atoms with E-state index in [-0.39, 0.29) is 5.92 Å². The Labute approximate surface area is 213 Å². The number of aromatic nitrogens is 1. The van der Waals surface area contributed by atoms with Gasteiger partial charge in [0.15, 0.2) is 0 Å². The fraction of sp³-hybridized carbons (Fsp3) is 0.448. The number of nitrogens with one attached hydrogen (secondary N) is 1. The van der Waals surface area contributed by atoms with E-state index in [0.717, 1.165) is 29.0 Å². The number of hydrogen-bond donors (Lipinski definition) is 2. The van der Waals surface area contributed by atoms with Crippen molar-refractivity contribution in [3.8, 4) is 0 Å². The molecule has 0 saturated heterocycles. The number of aliphatic hydroxyl groups excluding tert-OH is 1. The monoisotopic (exact) mass is 494 g/mol. The summed E-state index contributed by atoms with van der Waals surface area (Å²) in [6.45, 7) is 7.68. The molecule has 1 unspecified atom stereocenters. The average molecular weight is 495 g/mol. The number of alkyl carbamates (subject to hydrolysis) is 1. The lowest BCUT2D eigenvalue weighted by atomic mass is 9.82. The quantitative estimate of drug-likeness (QED) is 0.328. The summed E-state index contributed by atoms with van der Waals surface area (Å²) in [6.07, 6.45) is 4.60. The van der Waals surface area contributed by atoms with Crippen LogP contribution in [0, 0.1) is 0 Å². The Morgan fingerprint density at radius 2 is 1.71 bits per heavy atom. The number of aryl methyl sites for hydroxylation is 2. The van der Waals surface area contributed by atoms with Gasteiger partial charge in [0.1, 0.15) is 5.60 Å². The van der Waals surface area contributed by atoms with Crippen molar-refractivity contribution in [3.05, 3.63) is 87.9 Å². The summed E-state index contributed by atoms with van der Waals surface area (Å²) in [4.78, 5) is 18.7. The molecular weight excluding hydrogens is 456 g/mol. The van der Waals surface area contributed by atoms with Gasteiger partial charge in [-0.05, 0) is 51.2 Å². The molecule has 6 heteroatoms. The van der Waals surface area contributed by atoms with Crippen molar-refractivity contribution >= 4 is 17.4 Å². The van der Waals surface area contributed by atoms with Crippen molar-refractivity contribution in [2.75, 3.05) is 0 Å². The van der Waals surface area contributed by atoms with Gasteiger partial charge in [0.2, 0.25) is 0 Å². The molecule has 35 heavy (non-hydrogen) atoms. The minimum atomic E-state index is -0.769. The molecule has 0 radical (unpaired) electrons. The average Bonchev–Trinajstić information content (AvgIpc) is 3.27. The molecule has 0 aliphatic carbocycles. The molecule has 3 atom stereocenters. The molecule has 188 valence electrons. The predicted octanol–water partition coefficient (Wildman–Crippen LogP) is 6.31. The molecule has 5 nitrogen and oxygen atoms in total. The van der Waals surface area contributed by atoms with Crippen LogP contribution in [0.1, 0.15) is 67.5 Å². The third-order valence-electron chi connectivity index (χ3n) is 5.81. The summed E-state index contributed by atoms with van der Waals surface area (Å²) in [5.74, 6) is -0.131. The van der Waals surface area contributed by atoms with Gasteiger partial charge in [-0.2, -0.15) is 0 Å². The van der Waals surface area contributed by atoms with Crippen LogP contribution in [0.4, 0.5) is 4.79 Å². The van der Waals surface area contributed by atoms with Crippen LogP contribution in [0.5, 0.6) is 0 Å². The highest BCUT2D eigenvalue weighted by Gasteiger charge is 2.32. The van der Waals surface area contributed by atoms with E-state index in [2.05, 4.69) is 41.5 Å². The number of amides is 1. The van der Waals surface area contributed by atoms with Crippen LogP contribution in [0.3, 0.4) is 0 Å². The standard InChI is InChI=1S/C29H38N2O3S/c1-5-12-23-20-30-26(35-23)18-17-25(32)27(31-28(33)34-29(2,3)4)24(22-15-10-7-11-16-22)19-21-13-8-6-9-14-21/h6-11,13-16,20,24-25,27,32H,5,12,17-19H2,1-4H3,(H,31,33)/t24?,25-,27-/m0/s1. The van der Waals surface area contributed by atoms with Crippen molar-refractivity contribution in [1.29, 1.82) is 0 Å². The van der Waals surface area contributed by atoms with Crippen LogP contribution in [0.25, 0.3) is 0 Å². The molecule has 0 saturated carbocycles. The second-order valence-corrected chi connectivity index (χ2v) is 11.2. The lowest BCUT2D eigenvalue weighted by Crippen LogP contribution is -2.49. The first kappa shape index (κ1) is 26.9. The van der Waals surface area contributed by atoms with Crippen molar-refractivity contribution in [2.45, 2.75) is 83.5 Å². The Hall–Kier alpha value is -2.70. The Morgan fingerprint density at radius 1 is 1.06 bits per heavy atom. The number of nitrogens with zero attached hydrogens (tertiary/aromatic N) is 1. The van der Waals surface area contributed by atoms with E-state index in [0.29, 0.717) is 19.3 Å². The fourth-order valence-electron chi connectivity index (χ4n) is 4.21. The second kappa shape index (κ2) is 12.8. The fourth-order valence-corrected chi connectivity index (χ4v) is 5.25. The number of carbonyl (C=O) groups excluding carboxylic acids is 1. The lowest BCUT2D eigenvalue weighted by molar-refractivity contribution is 0.0384. The van der Waals surface area contributed by atoms with Crippen molar-refractivity contribution in [3.63, 3.8) is 0 Å². The lowest BCUT2D eigenvalue weighted by Gasteiger charge is -2.33. The molecule has 0 aliphatic rings. The van der Waals surface area contributed by atoms with Crippen LogP contribution in [-0.2, 0) is 24.0 Å². The van der Waals surface area contributed by atoms with E-state index in [1.165, 1.54) is 4.88 Å². The Kier molecular flexibility index (Phi) is 9.87. The third kappa shape index (κ3) is 8.79. The number of hydrogen-bond acceptors (Lipinski definition) is 5. The van der Waals surface area contributed by atoms with Crippen LogP contribution in [-0.4, -0.2) is 33.9 Å². The molecule has 2 aromatic carbocycles. The maximum absolute atomic E-state index is 12.9. The van der Waals surface area contributed by atoms with Gasteiger partial charge >= 0.3 is 6.09 Å². The molecule has 0 bridgehead atoms. The van der Waals surface area contributed by atoms with E-state index in [4.69, 9.17) is 4.74 Å². The van der Waals surface area contributed by atoms with Gasteiger partial charge in [0.05, 0.1) is 17.2 Å². The maximum atomic E-state index is 12.9. The van der Waals surface area contributed by atoms with E-state index in [9.17, 15) is 9.90 Å². The first-order valence-electron chi connectivity index (χ1n) is 12.4. The SMILES string of the molecule is CCCc1cnc(CC[C@H](O)[C@@H](NC(=O)OC(C)(C)C)C(Cc2ccccc2)c2ccccc2)s1. The number of benzene rings is 2. The molecule has 3 rings (SSSR count). The summed E-state index contributed by atoms with van der Waals surface area (Å²) in [7, 11) is 0. The van der Waals surface area contributed by atoms with Gasteiger partial charge in [-0.15, -0.1) is 11.3 Å². The van der Waals surface area contributed by atoms with Crippen LogP contribution in [0.15, 0.2) is 66.9 Å². The molecule has 1 heterocycles. The maximum Gasteiger partial charge on any atom is 0.407 e. The van der Waals surface area contributed by atoms with Crippen molar-refractivity contribution in [2.24, 2.45) is 0 Å². The summed E-state index contributed by atoms with van der Waals surface area (Å²) in [6, 6.07) is 19.7. The highest BCUT2D eigenvalue weighted by molar-refractivity contribution is 7.11. The van der Waals surface area contributed by atoms with Gasteiger partial charge in [-0.1, -0.05) is 74.0 Å². The van der Waals surface area contributed by atoms with Gasteiger partial charge in [-0.25, -0.2) is 9.78 Å². The summed E-state index contributed by atoms with van der Waals surface area (Å²) < 4.78 is 5.58. The topological polar surface area (TPSA) is 71.5 Å². The Bertz CT molecular complexity index is 1030. The van der Waals surface area contributed by atoms with E-state index >= 15 is 0 Å². The predicted molar refractivity (Wildman–Crippen MR) is 143 cm³/mol. The second-order valence-electron chi connectivity index (χ2n) is 9.96. The molecule has 0 fully saturated rings. The first-order chi connectivity index (χ1) is 16.7. The van der Waals surface area contributed by atoms with Crippen molar-refractivity contribution < 1.29 is 14.6 Å². The van der Waals surface area contributed by atoms with E-state index in [1.807, 2.05) is 63.4 Å². The van der Waals surface area contributed by atoms with Gasteiger partial charge in [-0.3, -0.25) is 0 Å². The molecular formula is C29H38N2O3S. The number of carbonyl (C=O) groups is 1. The number of ether oxygens (including phenoxy) is 1. The van der Waals surface area contributed by atoms with Gasteiger partial charge in [0.25, 0.3) is 0 Å². The zero-order valence-corrected chi connectivity index (χ0v) is 22.1. The largest absolute Gasteiger partial charge is 0.444 e. The summed E-state index contributed by atoms with van der Waals surface area (Å²) in [5.41, 5.74) is 1.59. The van der Waals surface area contributed by atoms with Crippen molar-refractivity contribution in [1.82, 2.24) is 10.3 Å². The molecule has 0 spiro atoms. The molecule has 2 N–H and O–H groups in total. The molecule has 3 aromatic rings. The highest BCUT2D eigenvalue weighted by Crippen LogP contribution is 2.29. The highest BCUT2D eigenvalue weighted by atomic mass is 32.1. The zero-order valence-electron chi connectivity index (χ0n) is 21.2. The van der Waals surface area contributed by atoms with E-state index in [1.54, 1.807) is 11.3 Å². The summed E-state index contributed by atoms with van der Waals surface area (Å²) in [5, 5.41) is 15.5. The van der Waals surface area contributed by atoms with Gasteiger partial charge < -0.3 is 15.2 Å². The molecule has 1 aromatic heterocycles. The molecule has 0 aliphatic heterocycles. The first-order valence-corrected chi connectivity index (χ1v) is 13.3. The van der Waals surface area contributed by atoms with Crippen LogP contribution >= 0.6 is 11.3 Å².